The SMILES string of the molecule is CC(NCCc1ccc(F)cc1)c1ccc(Br)cc1. The molecule has 1 N–H and O–H groups in total. The van der Waals surface area contributed by atoms with Gasteiger partial charge in [-0.15, -0.1) is 0 Å². The second-order valence-corrected chi connectivity index (χ2v) is 5.52. The van der Waals surface area contributed by atoms with Crippen molar-refractivity contribution in [1.29, 1.82) is 0 Å². The van der Waals surface area contributed by atoms with Gasteiger partial charge in [0.25, 0.3) is 0 Å². The van der Waals surface area contributed by atoms with E-state index in [1.165, 1.54) is 17.7 Å². The summed E-state index contributed by atoms with van der Waals surface area (Å²) >= 11 is 3.43. The van der Waals surface area contributed by atoms with Crippen LogP contribution in [-0.2, 0) is 6.42 Å². The molecule has 2 aromatic rings. The zero-order valence-corrected chi connectivity index (χ0v) is 12.5. The summed E-state index contributed by atoms with van der Waals surface area (Å²) in [5.41, 5.74) is 2.42. The summed E-state index contributed by atoms with van der Waals surface area (Å²) in [5.74, 6) is -0.181. The minimum atomic E-state index is -0.181. The second-order valence-electron chi connectivity index (χ2n) is 4.60. The van der Waals surface area contributed by atoms with E-state index in [-0.39, 0.29) is 5.82 Å². The summed E-state index contributed by atoms with van der Waals surface area (Å²) in [6.45, 7) is 3.02. The molecule has 0 saturated carbocycles. The van der Waals surface area contributed by atoms with Crippen LogP contribution < -0.4 is 5.32 Å². The van der Waals surface area contributed by atoms with E-state index in [9.17, 15) is 4.39 Å². The predicted octanol–water partition coefficient (Wildman–Crippen LogP) is 4.48. The van der Waals surface area contributed by atoms with Gasteiger partial charge >= 0.3 is 0 Å². The Hall–Kier alpha value is -1.19. The predicted molar refractivity (Wildman–Crippen MR) is 80.7 cm³/mol. The Morgan fingerprint density at radius 1 is 1.05 bits per heavy atom. The Morgan fingerprint density at radius 3 is 2.32 bits per heavy atom. The Kier molecular flexibility index (Phi) is 5.11. The fourth-order valence-corrected chi connectivity index (χ4v) is 2.22. The highest BCUT2D eigenvalue weighted by molar-refractivity contribution is 9.10. The first kappa shape index (κ1) is 14.2. The van der Waals surface area contributed by atoms with E-state index >= 15 is 0 Å². The van der Waals surface area contributed by atoms with Gasteiger partial charge in [-0.1, -0.05) is 40.2 Å². The second kappa shape index (κ2) is 6.83. The third-order valence-electron chi connectivity index (χ3n) is 3.15. The van der Waals surface area contributed by atoms with Gasteiger partial charge in [0.2, 0.25) is 0 Å². The largest absolute Gasteiger partial charge is 0.310 e. The Morgan fingerprint density at radius 2 is 1.68 bits per heavy atom. The lowest BCUT2D eigenvalue weighted by Crippen LogP contribution is -2.21. The van der Waals surface area contributed by atoms with Crippen molar-refractivity contribution >= 4 is 15.9 Å². The van der Waals surface area contributed by atoms with E-state index in [4.69, 9.17) is 0 Å². The molecule has 1 nitrogen and oxygen atoms in total. The lowest BCUT2D eigenvalue weighted by Gasteiger charge is -2.14. The monoisotopic (exact) mass is 321 g/mol. The molecule has 2 aromatic carbocycles. The van der Waals surface area contributed by atoms with Gasteiger partial charge in [-0.2, -0.15) is 0 Å². The number of hydrogen-bond acceptors (Lipinski definition) is 1. The highest BCUT2D eigenvalue weighted by Crippen LogP contribution is 2.16. The van der Waals surface area contributed by atoms with Crippen LogP contribution in [0.3, 0.4) is 0 Å². The van der Waals surface area contributed by atoms with Gasteiger partial charge in [-0.25, -0.2) is 4.39 Å². The maximum atomic E-state index is 12.8. The van der Waals surface area contributed by atoms with Crippen molar-refractivity contribution in [3.05, 3.63) is 69.9 Å². The molecule has 0 bridgehead atoms. The third-order valence-corrected chi connectivity index (χ3v) is 3.68. The van der Waals surface area contributed by atoms with E-state index in [1.54, 1.807) is 0 Å². The number of halogens is 2. The van der Waals surface area contributed by atoms with E-state index in [1.807, 2.05) is 24.3 Å². The van der Waals surface area contributed by atoms with Crippen molar-refractivity contribution in [3.8, 4) is 0 Å². The number of hydrogen-bond donors (Lipinski definition) is 1. The van der Waals surface area contributed by atoms with Crippen molar-refractivity contribution in [3.63, 3.8) is 0 Å². The van der Waals surface area contributed by atoms with Crippen LogP contribution in [0.4, 0.5) is 4.39 Å². The number of benzene rings is 2. The minimum Gasteiger partial charge on any atom is -0.310 e. The molecule has 1 unspecified atom stereocenters. The van der Waals surface area contributed by atoms with Gasteiger partial charge in [0.05, 0.1) is 0 Å². The maximum Gasteiger partial charge on any atom is 0.123 e. The maximum absolute atomic E-state index is 12.8. The minimum absolute atomic E-state index is 0.181. The summed E-state index contributed by atoms with van der Waals surface area (Å²) in [6.07, 6.45) is 0.904. The van der Waals surface area contributed by atoms with E-state index in [2.05, 4.69) is 40.3 Å². The molecule has 1 atom stereocenters. The van der Waals surface area contributed by atoms with Crippen LogP contribution in [0, 0.1) is 5.82 Å². The summed E-state index contributed by atoms with van der Waals surface area (Å²) in [4.78, 5) is 0. The van der Waals surface area contributed by atoms with Crippen LogP contribution in [0.25, 0.3) is 0 Å². The van der Waals surface area contributed by atoms with Crippen LogP contribution in [0.1, 0.15) is 24.1 Å². The molecule has 0 amide bonds. The van der Waals surface area contributed by atoms with E-state index in [0.29, 0.717) is 6.04 Å². The molecule has 0 aromatic heterocycles. The van der Waals surface area contributed by atoms with Gasteiger partial charge in [-0.3, -0.25) is 0 Å². The highest BCUT2D eigenvalue weighted by Gasteiger charge is 2.04. The molecule has 19 heavy (non-hydrogen) atoms. The van der Waals surface area contributed by atoms with Crippen molar-refractivity contribution in [2.45, 2.75) is 19.4 Å². The first-order valence-corrected chi connectivity index (χ1v) is 7.18. The van der Waals surface area contributed by atoms with Crippen molar-refractivity contribution in [2.24, 2.45) is 0 Å². The Balaban J connectivity index is 1.82. The zero-order valence-electron chi connectivity index (χ0n) is 10.9. The molecular weight excluding hydrogens is 305 g/mol. The molecule has 0 aliphatic rings. The standard InChI is InChI=1S/C16H17BrFN/c1-12(14-4-6-15(17)7-5-14)19-11-10-13-2-8-16(18)9-3-13/h2-9,12,19H,10-11H2,1H3. The van der Waals surface area contributed by atoms with Crippen molar-refractivity contribution in [1.82, 2.24) is 5.32 Å². The lowest BCUT2D eigenvalue weighted by atomic mass is 10.1. The van der Waals surface area contributed by atoms with Gasteiger partial charge in [-0.05, 0) is 55.3 Å². The van der Waals surface area contributed by atoms with Gasteiger partial charge < -0.3 is 5.32 Å². The van der Waals surface area contributed by atoms with E-state index < -0.39 is 0 Å². The van der Waals surface area contributed by atoms with E-state index in [0.717, 1.165) is 23.0 Å². The first-order chi connectivity index (χ1) is 9.15. The zero-order chi connectivity index (χ0) is 13.7. The molecule has 0 fully saturated rings. The fraction of sp³-hybridized carbons (Fsp3) is 0.250. The molecular formula is C16H17BrFN. The molecule has 3 heteroatoms. The normalized spacial score (nSPS) is 12.4. The van der Waals surface area contributed by atoms with Crippen LogP contribution in [0.2, 0.25) is 0 Å². The quantitative estimate of drug-likeness (QED) is 0.856. The molecule has 2 rings (SSSR count). The third kappa shape index (κ3) is 4.44. The molecule has 0 heterocycles. The molecule has 0 radical (unpaired) electrons. The fourth-order valence-electron chi connectivity index (χ4n) is 1.95. The van der Waals surface area contributed by atoms with Crippen LogP contribution in [0.5, 0.6) is 0 Å². The van der Waals surface area contributed by atoms with Gasteiger partial charge in [0.1, 0.15) is 5.82 Å². The van der Waals surface area contributed by atoms with Crippen LogP contribution >= 0.6 is 15.9 Å². The first-order valence-electron chi connectivity index (χ1n) is 6.38. The molecule has 100 valence electrons. The number of nitrogens with one attached hydrogen (secondary N) is 1. The van der Waals surface area contributed by atoms with Gasteiger partial charge in [0, 0.05) is 10.5 Å². The Bertz CT molecular complexity index is 507. The average Bonchev–Trinajstić information content (AvgIpc) is 2.41. The highest BCUT2D eigenvalue weighted by atomic mass is 79.9. The number of rotatable bonds is 5. The lowest BCUT2D eigenvalue weighted by molar-refractivity contribution is 0.576. The smallest absolute Gasteiger partial charge is 0.123 e. The van der Waals surface area contributed by atoms with Crippen LogP contribution in [-0.4, -0.2) is 6.54 Å². The molecule has 0 saturated heterocycles. The van der Waals surface area contributed by atoms with Crippen molar-refractivity contribution < 1.29 is 4.39 Å². The van der Waals surface area contributed by atoms with Crippen molar-refractivity contribution in [2.75, 3.05) is 6.54 Å². The summed E-state index contributed by atoms with van der Waals surface area (Å²) < 4.78 is 13.9. The summed E-state index contributed by atoms with van der Waals surface area (Å²) in [7, 11) is 0. The summed E-state index contributed by atoms with van der Waals surface area (Å²) in [6, 6.07) is 15.3. The molecule has 0 aliphatic carbocycles. The molecule has 0 spiro atoms. The average molecular weight is 322 g/mol. The van der Waals surface area contributed by atoms with Crippen LogP contribution in [0.15, 0.2) is 53.0 Å². The topological polar surface area (TPSA) is 12.0 Å². The van der Waals surface area contributed by atoms with Gasteiger partial charge in [0.15, 0.2) is 0 Å². The Labute approximate surface area is 122 Å². The summed E-state index contributed by atoms with van der Waals surface area (Å²) in [5, 5.41) is 3.47. The molecule has 0 aliphatic heterocycles.